The van der Waals surface area contributed by atoms with Gasteiger partial charge in [-0.25, -0.2) is 0 Å². The molecule has 0 N–H and O–H groups in total. The standard InChI is InChI=1S/C16H22Cl2S/c1-2-3-4-5-14-15(18)10-11-19-16(14)12-6-8-13(17)9-7-12/h6-9,14-16H,2-5,10-11H2,1H3/t14-,15+,16+/m0/s1. The molecule has 1 aromatic rings. The number of thioether (sulfide) groups is 1. The first-order valence-electron chi connectivity index (χ1n) is 7.23. The van der Waals surface area contributed by atoms with Gasteiger partial charge < -0.3 is 0 Å². The first kappa shape index (κ1) is 15.5. The summed E-state index contributed by atoms with van der Waals surface area (Å²) < 4.78 is 0. The lowest BCUT2D eigenvalue weighted by molar-refractivity contribution is 0.413. The third-order valence-corrected chi connectivity index (χ3v) is 6.13. The van der Waals surface area contributed by atoms with Gasteiger partial charge in [0.05, 0.1) is 0 Å². The fourth-order valence-electron chi connectivity index (χ4n) is 2.79. The minimum atomic E-state index is 0.332. The Hall–Kier alpha value is 0.150. The molecule has 1 saturated heterocycles. The van der Waals surface area contributed by atoms with E-state index in [1.165, 1.54) is 37.0 Å². The molecule has 0 aliphatic carbocycles. The summed E-state index contributed by atoms with van der Waals surface area (Å²) in [5, 5.41) is 1.69. The summed E-state index contributed by atoms with van der Waals surface area (Å²) in [5.74, 6) is 1.78. The SMILES string of the molecule is CCCCC[C@H]1[C@H](Cl)CCS[C@@H]1c1ccc(Cl)cc1. The molecule has 0 saturated carbocycles. The Morgan fingerprint density at radius 2 is 1.95 bits per heavy atom. The van der Waals surface area contributed by atoms with Crippen LogP contribution in [0, 0.1) is 5.92 Å². The minimum absolute atomic E-state index is 0.332. The van der Waals surface area contributed by atoms with Gasteiger partial charge in [0.25, 0.3) is 0 Å². The highest BCUT2D eigenvalue weighted by atomic mass is 35.5. The fraction of sp³-hybridized carbons (Fsp3) is 0.625. The van der Waals surface area contributed by atoms with Crippen LogP contribution in [-0.4, -0.2) is 11.1 Å². The maximum absolute atomic E-state index is 6.60. The number of halogens is 2. The summed E-state index contributed by atoms with van der Waals surface area (Å²) in [6.07, 6.45) is 6.29. The Bertz CT molecular complexity index is 377. The Labute approximate surface area is 131 Å². The molecule has 3 heteroatoms. The highest BCUT2D eigenvalue weighted by Crippen LogP contribution is 2.47. The van der Waals surface area contributed by atoms with Gasteiger partial charge in [-0.3, -0.25) is 0 Å². The van der Waals surface area contributed by atoms with Crippen LogP contribution in [0.4, 0.5) is 0 Å². The van der Waals surface area contributed by atoms with E-state index in [0.29, 0.717) is 16.5 Å². The molecule has 1 heterocycles. The molecular formula is C16H22Cl2S. The summed E-state index contributed by atoms with van der Waals surface area (Å²) in [7, 11) is 0. The van der Waals surface area contributed by atoms with Gasteiger partial charge in [0.15, 0.2) is 0 Å². The molecule has 2 rings (SSSR count). The molecule has 0 bridgehead atoms. The van der Waals surface area contributed by atoms with Crippen molar-refractivity contribution in [1.29, 1.82) is 0 Å². The van der Waals surface area contributed by atoms with E-state index in [1.54, 1.807) is 0 Å². The number of hydrogen-bond acceptors (Lipinski definition) is 1. The Kier molecular flexibility index (Phi) is 6.38. The van der Waals surface area contributed by atoms with E-state index in [-0.39, 0.29) is 0 Å². The van der Waals surface area contributed by atoms with Gasteiger partial charge >= 0.3 is 0 Å². The summed E-state index contributed by atoms with van der Waals surface area (Å²) in [6.45, 7) is 2.25. The molecular weight excluding hydrogens is 295 g/mol. The minimum Gasteiger partial charge on any atom is -0.153 e. The lowest BCUT2D eigenvalue weighted by atomic mass is 9.88. The lowest BCUT2D eigenvalue weighted by Crippen LogP contribution is -2.26. The first-order chi connectivity index (χ1) is 9.22. The van der Waals surface area contributed by atoms with Gasteiger partial charge in [-0.15, -0.1) is 11.6 Å². The van der Waals surface area contributed by atoms with Crippen LogP contribution >= 0.6 is 35.0 Å². The summed E-state index contributed by atoms with van der Waals surface area (Å²) in [6, 6.07) is 8.33. The predicted molar refractivity (Wildman–Crippen MR) is 88.5 cm³/mol. The third-order valence-electron chi connectivity index (χ3n) is 3.88. The zero-order chi connectivity index (χ0) is 13.7. The molecule has 1 aromatic carbocycles. The Balaban J connectivity index is 2.08. The zero-order valence-corrected chi connectivity index (χ0v) is 13.8. The van der Waals surface area contributed by atoms with E-state index in [1.807, 2.05) is 12.1 Å². The number of alkyl halides is 1. The quantitative estimate of drug-likeness (QED) is 0.452. The van der Waals surface area contributed by atoms with E-state index < -0.39 is 0 Å². The van der Waals surface area contributed by atoms with Crippen LogP contribution in [0.15, 0.2) is 24.3 Å². The number of hydrogen-bond donors (Lipinski definition) is 0. The highest BCUT2D eigenvalue weighted by Gasteiger charge is 2.33. The van der Waals surface area contributed by atoms with Gasteiger partial charge in [-0.05, 0) is 42.2 Å². The Morgan fingerprint density at radius 1 is 1.21 bits per heavy atom. The van der Waals surface area contributed by atoms with Crippen molar-refractivity contribution in [2.45, 2.75) is 49.7 Å². The van der Waals surface area contributed by atoms with Crippen LogP contribution < -0.4 is 0 Å². The van der Waals surface area contributed by atoms with Crippen LogP contribution in [0.5, 0.6) is 0 Å². The highest BCUT2D eigenvalue weighted by molar-refractivity contribution is 7.99. The van der Waals surface area contributed by atoms with Crippen molar-refractivity contribution in [2.24, 2.45) is 5.92 Å². The molecule has 106 valence electrons. The van der Waals surface area contributed by atoms with Crippen molar-refractivity contribution in [1.82, 2.24) is 0 Å². The second-order valence-corrected chi connectivity index (χ2v) is 7.55. The normalized spacial score (nSPS) is 27.4. The number of benzene rings is 1. The summed E-state index contributed by atoms with van der Waals surface area (Å²) >= 11 is 14.6. The van der Waals surface area contributed by atoms with Crippen LogP contribution in [-0.2, 0) is 0 Å². The first-order valence-corrected chi connectivity index (χ1v) is 9.10. The molecule has 1 aliphatic heterocycles. The van der Waals surface area contributed by atoms with Gasteiger partial charge in [0, 0.05) is 15.6 Å². The monoisotopic (exact) mass is 316 g/mol. The smallest absolute Gasteiger partial charge is 0.0406 e. The predicted octanol–water partition coefficient (Wildman–Crippen LogP) is 6.32. The van der Waals surface area contributed by atoms with Crippen molar-refractivity contribution in [3.8, 4) is 0 Å². The van der Waals surface area contributed by atoms with Gasteiger partial charge in [0.1, 0.15) is 0 Å². The molecule has 0 unspecified atom stereocenters. The van der Waals surface area contributed by atoms with E-state index in [4.69, 9.17) is 23.2 Å². The maximum Gasteiger partial charge on any atom is 0.0406 e. The lowest BCUT2D eigenvalue weighted by Gasteiger charge is -2.35. The molecule has 19 heavy (non-hydrogen) atoms. The van der Waals surface area contributed by atoms with Crippen LogP contribution in [0.2, 0.25) is 5.02 Å². The van der Waals surface area contributed by atoms with Crippen LogP contribution in [0.1, 0.15) is 49.8 Å². The van der Waals surface area contributed by atoms with E-state index >= 15 is 0 Å². The topological polar surface area (TPSA) is 0 Å². The van der Waals surface area contributed by atoms with Crippen molar-refractivity contribution < 1.29 is 0 Å². The molecule has 3 atom stereocenters. The fourth-order valence-corrected chi connectivity index (χ4v) is 5.08. The Morgan fingerprint density at radius 3 is 2.63 bits per heavy atom. The van der Waals surface area contributed by atoms with Crippen LogP contribution in [0.3, 0.4) is 0 Å². The largest absolute Gasteiger partial charge is 0.153 e. The maximum atomic E-state index is 6.60. The molecule has 1 fully saturated rings. The van der Waals surface area contributed by atoms with E-state index in [0.717, 1.165) is 11.4 Å². The second kappa shape index (κ2) is 7.81. The van der Waals surface area contributed by atoms with Crippen molar-refractivity contribution >= 4 is 35.0 Å². The average Bonchev–Trinajstić information content (AvgIpc) is 2.42. The van der Waals surface area contributed by atoms with Crippen molar-refractivity contribution in [3.63, 3.8) is 0 Å². The molecule has 0 amide bonds. The van der Waals surface area contributed by atoms with Gasteiger partial charge in [0.2, 0.25) is 0 Å². The average molecular weight is 317 g/mol. The molecule has 0 aromatic heterocycles. The number of unbranched alkanes of at least 4 members (excludes halogenated alkanes) is 2. The summed E-state index contributed by atoms with van der Waals surface area (Å²) in [4.78, 5) is 0. The number of rotatable bonds is 5. The van der Waals surface area contributed by atoms with E-state index in [2.05, 4.69) is 30.8 Å². The summed E-state index contributed by atoms with van der Waals surface area (Å²) in [5.41, 5.74) is 1.39. The third kappa shape index (κ3) is 4.31. The van der Waals surface area contributed by atoms with Crippen LogP contribution in [0.25, 0.3) is 0 Å². The molecule has 0 radical (unpaired) electrons. The molecule has 0 nitrogen and oxygen atoms in total. The second-order valence-electron chi connectivity index (χ2n) is 5.31. The molecule has 1 aliphatic rings. The zero-order valence-electron chi connectivity index (χ0n) is 11.4. The van der Waals surface area contributed by atoms with Gasteiger partial charge in [-0.1, -0.05) is 49.9 Å². The van der Waals surface area contributed by atoms with Crippen molar-refractivity contribution in [3.05, 3.63) is 34.9 Å². The molecule has 0 spiro atoms. The van der Waals surface area contributed by atoms with Gasteiger partial charge in [-0.2, -0.15) is 11.8 Å². The van der Waals surface area contributed by atoms with E-state index in [9.17, 15) is 0 Å². The van der Waals surface area contributed by atoms with Crippen molar-refractivity contribution in [2.75, 3.05) is 5.75 Å².